The minimum Gasteiger partial charge on any atom is -0.382 e. The fraction of sp³-hybridized carbons (Fsp3) is 0.250. The van der Waals surface area contributed by atoms with Gasteiger partial charge in [0.25, 0.3) is 0 Å². The van der Waals surface area contributed by atoms with Crippen LogP contribution in [-0.4, -0.2) is 19.4 Å². The zero-order valence-electron chi connectivity index (χ0n) is 10.4. The van der Waals surface area contributed by atoms with Crippen molar-refractivity contribution in [2.45, 2.75) is 19.4 Å². The summed E-state index contributed by atoms with van der Waals surface area (Å²) in [5.74, 6) is 1.15. The van der Waals surface area contributed by atoms with E-state index in [0.717, 1.165) is 17.1 Å². The maximum Gasteiger partial charge on any atom is 0.180 e. The lowest BCUT2D eigenvalue weighted by Gasteiger charge is -2.15. The summed E-state index contributed by atoms with van der Waals surface area (Å²) in [6.45, 7) is 2.11. The number of thiazole rings is 1. The number of nitrogens with one attached hydrogen (secondary N) is 1. The van der Waals surface area contributed by atoms with Crippen LogP contribution in [0.2, 0.25) is 0 Å². The predicted octanol–water partition coefficient (Wildman–Crippen LogP) is 2.33. The van der Waals surface area contributed by atoms with Crippen molar-refractivity contribution in [2.24, 2.45) is 0 Å². The van der Waals surface area contributed by atoms with E-state index in [4.69, 9.17) is 5.73 Å². The first-order valence-electron chi connectivity index (χ1n) is 6.03. The quantitative estimate of drug-likeness (QED) is 0.763. The van der Waals surface area contributed by atoms with Gasteiger partial charge in [-0.2, -0.15) is 0 Å². The third-order valence-electron chi connectivity index (χ3n) is 2.86. The SMILES string of the molecule is CCC(Nc1nc(N)cn2ccnc12)c1nccs1. The molecule has 1 unspecified atom stereocenters. The Bertz CT molecular complexity index is 675. The standard InChI is InChI=1S/C12H14N6S/c1-2-8(12-15-4-6-19-12)16-10-11-14-3-5-18(11)7-9(13)17-10/h3-8H,2,13H2,1H3,(H,16,17). The summed E-state index contributed by atoms with van der Waals surface area (Å²) in [7, 11) is 0. The molecule has 1 atom stereocenters. The van der Waals surface area contributed by atoms with Crippen LogP contribution in [0, 0.1) is 0 Å². The lowest BCUT2D eigenvalue weighted by Crippen LogP contribution is -2.12. The van der Waals surface area contributed by atoms with Gasteiger partial charge in [-0.1, -0.05) is 6.92 Å². The van der Waals surface area contributed by atoms with E-state index in [0.29, 0.717) is 11.6 Å². The molecule has 7 heteroatoms. The van der Waals surface area contributed by atoms with Crippen LogP contribution in [0.1, 0.15) is 24.4 Å². The van der Waals surface area contributed by atoms with Crippen LogP contribution >= 0.6 is 11.3 Å². The Morgan fingerprint density at radius 1 is 1.42 bits per heavy atom. The second-order valence-corrected chi connectivity index (χ2v) is 5.07. The average Bonchev–Trinajstić information content (AvgIpc) is 3.05. The monoisotopic (exact) mass is 274 g/mol. The number of hydrogen-bond acceptors (Lipinski definition) is 6. The molecule has 3 aromatic heterocycles. The highest BCUT2D eigenvalue weighted by molar-refractivity contribution is 7.09. The third-order valence-corrected chi connectivity index (χ3v) is 3.75. The molecule has 0 radical (unpaired) electrons. The highest BCUT2D eigenvalue weighted by Crippen LogP contribution is 2.25. The molecule has 3 heterocycles. The first kappa shape index (κ1) is 11.9. The second kappa shape index (κ2) is 4.85. The van der Waals surface area contributed by atoms with E-state index in [-0.39, 0.29) is 6.04 Å². The van der Waals surface area contributed by atoms with E-state index in [1.807, 2.05) is 22.2 Å². The first-order valence-corrected chi connectivity index (χ1v) is 6.91. The zero-order valence-corrected chi connectivity index (χ0v) is 11.3. The molecule has 0 saturated heterocycles. The minimum atomic E-state index is 0.120. The van der Waals surface area contributed by atoms with E-state index >= 15 is 0 Å². The summed E-state index contributed by atoms with van der Waals surface area (Å²) in [5.41, 5.74) is 6.57. The Morgan fingerprint density at radius 3 is 3.05 bits per heavy atom. The molecular weight excluding hydrogens is 260 g/mol. The lowest BCUT2D eigenvalue weighted by atomic mass is 10.2. The molecule has 6 nitrogen and oxygen atoms in total. The number of rotatable bonds is 4. The van der Waals surface area contributed by atoms with Gasteiger partial charge in [-0.3, -0.25) is 0 Å². The number of fused-ring (bicyclic) bond motifs is 1. The normalized spacial score (nSPS) is 12.7. The summed E-state index contributed by atoms with van der Waals surface area (Å²) in [4.78, 5) is 13.0. The third kappa shape index (κ3) is 2.24. The van der Waals surface area contributed by atoms with E-state index in [1.165, 1.54) is 0 Å². The van der Waals surface area contributed by atoms with Crippen LogP contribution in [0.5, 0.6) is 0 Å². The maximum atomic E-state index is 5.81. The molecule has 0 aromatic carbocycles. The van der Waals surface area contributed by atoms with Crippen LogP contribution in [0.15, 0.2) is 30.2 Å². The van der Waals surface area contributed by atoms with Gasteiger partial charge in [0.1, 0.15) is 10.8 Å². The van der Waals surface area contributed by atoms with Gasteiger partial charge >= 0.3 is 0 Å². The van der Waals surface area contributed by atoms with Gasteiger partial charge in [-0.25, -0.2) is 15.0 Å². The summed E-state index contributed by atoms with van der Waals surface area (Å²) >= 11 is 1.63. The Balaban J connectivity index is 1.98. The highest BCUT2D eigenvalue weighted by atomic mass is 32.1. The van der Waals surface area contributed by atoms with Crippen LogP contribution in [0.3, 0.4) is 0 Å². The van der Waals surface area contributed by atoms with Gasteiger partial charge in [0.2, 0.25) is 0 Å². The Hall–Kier alpha value is -2.15. The average molecular weight is 274 g/mol. The van der Waals surface area contributed by atoms with Crippen molar-refractivity contribution in [3.05, 3.63) is 35.2 Å². The molecule has 3 aromatic rings. The van der Waals surface area contributed by atoms with Crippen molar-refractivity contribution in [2.75, 3.05) is 11.1 Å². The fourth-order valence-corrected chi connectivity index (χ4v) is 2.73. The lowest BCUT2D eigenvalue weighted by molar-refractivity contribution is 0.737. The first-order chi connectivity index (χ1) is 9.28. The zero-order chi connectivity index (χ0) is 13.2. The van der Waals surface area contributed by atoms with Crippen LogP contribution in [0.25, 0.3) is 5.65 Å². The smallest absolute Gasteiger partial charge is 0.180 e. The molecule has 0 aliphatic heterocycles. The molecule has 0 amide bonds. The highest BCUT2D eigenvalue weighted by Gasteiger charge is 2.15. The fourth-order valence-electron chi connectivity index (χ4n) is 1.96. The summed E-state index contributed by atoms with van der Waals surface area (Å²) < 4.78 is 1.86. The molecule has 0 saturated carbocycles. The molecule has 0 aliphatic rings. The summed E-state index contributed by atoms with van der Waals surface area (Å²) in [5, 5.41) is 6.38. The van der Waals surface area contributed by atoms with E-state index in [9.17, 15) is 0 Å². The number of anilines is 2. The number of nitrogens with zero attached hydrogens (tertiary/aromatic N) is 4. The van der Waals surface area contributed by atoms with Crippen molar-refractivity contribution in [1.29, 1.82) is 0 Å². The van der Waals surface area contributed by atoms with Gasteiger partial charge in [0, 0.05) is 24.0 Å². The molecule has 98 valence electrons. The van der Waals surface area contributed by atoms with Crippen molar-refractivity contribution in [3.63, 3.8) is 0 Å². The molecular formula is C12H14N6S. The molecule has 0 aliphatic carbocycles. The molecule has 3 N–H and O–H groups in total. The minimum absolute atomic E-state index is 0.120. The van der Waals surface area contributed by atoms with Crippen molar-refractivity contribution >= 4 is 28.6 Å². The number of hydrogen-bond donors (Lipinski definition) is 2. The van der Waals surface area contributed by atoms with Crippen LogP contribution in [-0.2, 0) is 0 Å². The topological polar surface area (TPSA) is 81.1 Å². The largest absolute Gasteiger partial charge is 0.382 e. The summed E-state index contributed by atoms with van der Waals surface area (Å²) in [6.07, 6.45) is 8.05. The predicted molar refractivity (Wildman–Crippen MR) is 76.2 cm³/mol. The number of aromatic nitrogens is 4. The molecule has 3 rings (SSSR count). The van der Waals surface area contributed by atoms with E-state index < -0.39 is 0 Å². The molecule has 0 bridgehead atoms. The Morgan fingerprint density at radius 2 is 2.32 bits per heavy atom. The summed E-state index contributed by atoms with van der Waals surface area (Å²) in [6, 6.07) is 0.120. The Labute approximate surface area is 114 Å². The molecule has 19 heavy (non-hydrogen) atoms. The van der Waals surface area contributed by atoms with Crippen LogP contribution < -0.4 is 11.1 Å². The van der Waals surface area contributed by atoms with Gasteiger partial charge in [0.05, 0.1) is 12.2 Å². The number of imidazole rings is 1. The number of nitrogen functional groups attached to an aromatic ring is 1. The maximum absolute atomic E-state index is 5.81. The second-order valence-electron chi connectivity index (χ2n) is 4.15. The van der Waals surface area contributed by atoms with Crippen molar-refractivity contribution in [3.8, 4) is 0 Å². The van der Waals surface area contributed by atoms with E-state index in [1.54, 1.807) is 23.7 Å². The van der Waals surface area contributed by atoms with Crippen LogP contribution in [0.4, 0.5) is 11.6 Å². The van der Waals surface area contributed by atoms with Gasteiger partial charge < -0.3 is 15.5 Å². The van der Waals surface area contributed by atoms with Crippen molar-refractivity contribution in [1.82, 2.24) is 19.4 Å². The number of nitrogens with two attached hydrogens (primary N) is 1. The van der Waals surface area contributed by atoms with E-state index in [2.05, 4.69) is 27.2 Å². The van der Waals surface area contributed by atoms with Crippen molar-refractivity contribution < 1.29 is 0 Å². The molecule has 0 spiro atoms. The Kier molecular flexibility index (Phi) is 3.04. The molecule has 0 fully saturated rings. The van der Waals surface area contributed by atoms with Gasteiger partial charge in [-0.05, 0) is 6.42 Å². The van der Waals surface area contributed by atoms with Gasteiger partial charge in [-0.15, -0.1) is 11.3 Å². The van der Waals surface area contributed by atoms with Gasteiger partial charge in [0.15, 0.2) is 11.5 Å².